The third-order valence-electron chi connectivity index (χ3n) is 5.73. The number of benzene rings is 1. The van der Waals surface area contributed by atoms with Crippen molar-refractivity contribution in [3.05, 3.63) is 62.2 Å². The molecule has 0 aliphatic heterocycles. The second-order valence-corrected chi connectivity index (χ2v) is 7.91. The molecule has 4 rings (SSSR count). The van der Waals surface area contributed by atoms with Gasteiger partial charge in [0.25, 0.3) is 12.0 Å². The lowest BCUT2D eigenvalue weighted by Crippen LogP contribution is -2.38. The molecule has 1 aliphatic rings. The number of hydrogen-bond donors (Lipinski definition) is 1. The minimum Gasteiger partial charge on any atom is -0.361 e. The van der Waals surface area contributed by atoms with E-state index in [1.807, 2.05) is 0 Å². The summed E-state index contributed by atoms with van der Waals surface area (Å²) < 4.78 is 82.5. The Hall–Kier alpha value is -3.38. The van der Waals surface area contributed by atoms with Crippen molar-refractivity contribution in [2.75, 3.05) is 5.32 Å². The number of alkyl halides is 5. The first kappa shape index (κ1) is 22.8. The number of nitrogens with zero attached hydrogens (tertiary/aromatic N) is 4. The van der Waals surface area contributed by atoms with E-state index in [4.69, 9.17) is 0 Å². The number of rotatable bonds is 5. The van der Waals surface area contributed by atoms with Gasteiger partial charge in [0.2, 0.25) is 0 Å². The van der Waals surface area contributed by atoms with Gasteiger partial charge in [-0.25, -0.2) is 22.6 Å². The first-order valence-electron chi connectivity index (χ1n) is 9.78. The van der Waals surface area contributed by atoms with E-state index in [1.54, 1.807) is 0 Å². The van der Waals surface area contributed by atoms with Crippen molar-refractivity contribution in [2.24, 2.45) is 7.05 Å². The molecule has 2 heterocycles. The summed E-state index contributed by atoms with van der Waals surface area (Å²) in [5.41, 5.74) is -5.70. The maximum absolute atomic E-state index is 14.6. The molecule has 0 unspecified atom stereocenters. The van der Waals surface area contributed by atoms with E-state index in [0.29, 0.717) is 6.07 Å². The van der Waals surface area contributed by atoms with E-state index in [2.05, 4.69) is 15.4 Å². The Balaban J connectivity index is 1.84. The summed E-state index contributed by atoms with van der Waals surface area (Å²) in [4.78, 5) is 28.5. The maximum Gasteiger partial charge on any atom is 0.419 e. The van der Waals surface area contributed by atoms with Crippen molar-refractivity contribution in [2.45, 2.75) is 43.9 Å². The first-order chi connectivity index (χ1) is 15.4. The second-order valence-electron chi connectivity index (χ2n) is 7.91. The number of anilines is 1. The molecule has 2 aromatic heterocycles. The molecule has 3 aromatic rings. The largest absolute Gasteiger partial charge is 0.419 e. The predicted molar refractivity (Wildman–Crippen MR) is 106 cm³/mol. The summed E-state index contributed by atoms with van der Waals surface area (Å²) in [7, 11) is 1.25. The van der Waals surface area contributed by atoms with Crippen LogP contribution in [-0.4, -0.2) is 25.8 Å². The van der Waals surface area contributed by atoms with E-state index < -0.39 is 46.8 Å². The Morgan fingerprint density at radius 1 is 1.18 bits per heavy atom. The van der Waals surface area contributed by atoms with E-state index in [0.717, 1.165) is 27.6 Å². The molecule has 1 saturated carbocycles. The van der Waals surface area contributed by atoms with Crippen LogP contribution in [0.25, 0.3) is 10.9 Å². The summed E-state index contributed by atoms with van der Waals surface area (Å²) >= 11 is 0. The van der Waals surface area contributed by atoms with Crippen molar-refractivity contribution in [1.82, 2.24) is 19.3 Å². The van der Waals surface area contributed by atoms with Crippen LogP contribution in [-0.2, 0) is 18.8 Å². The van der Waals surface area contributed by atoms with Gasteiger partial charge < -0.3 is 5.32 Å². The SMILES string of the molecule is C[C@@H](Nc1nn(C)c(=O)c2nc(=O)n(C3(C(F)F)CC3)cc12)c1cccc(C(F)(F)F)c1F. The number of hydrogen-bond acceptors (Lipinski definition) is 5. The lowest BCUT2D eigenvalue weighted by Gasteiger charge is -2.21. The molecular weight excluding hydrogens is 456 g/mol. The molecule has 1 aliphatic carbocycles. The third kappa shape index (κ3) is 3.74. The molecule has 0 bridgehead atoms. The molecule has 7 nitrogen and oxygen atoms in total. The molecule has 0 radical (unpaired) electrons. The zero-order chi connectivity index (χ0) is 24.3. The Bertz CT molecular complexity index is 1360. The Morgan fingerprint density at radius 2 is 1.85 bits per heavy atom. The average Bonchev–Trinajstić information content (AvgIpc) is 3.52. The Morgan fingerprint density at radius 3 is 2.42 bits per heavy atom. The number of halogens is 6. The maximum atomic E-state index is 14.6. The fourth-order valence-electron chi connectivity index (χ4n) is 3.70. The van der Waals surface area contributed by atoms with Gasteiger partial charge in [-0.1, -0.05) is 12.1 Å². The van der Waals surface area contributed by atoms with Gasteiger partial charge in [0, 0.05) is 18.8 Å². The van der Waals surface area contributed by atoms with Gasteiger partial charge in [-0.3, -0.25) is 9.36 Å². The molecule has 1 fully saturated rings. The molecule has 0 amide bonds. The van der Waals surface area contributed by atoms with E-state index in [1.165, 1.54) is 14.0 Å². The number of aromatic nitrogens is 4. The summed E-state index contributed by atoms with van der Waals surface area (Å²) in [5, 5.41) is 6.61. The van der Waals surface area contributed by atoms with Crippen LogP contribution in [0.5, 0.6) is 0 Å². The molecular formula is C20H17F6N5O2. The highest BCUT2D eigenvalue weighted by Crippen LogP contribution is 2.47. The minimum absolute atomic E-state index is 0.0324. The van der Waals surface area contributed by atoms with E-state index >= 15 is 0 Å². The van der Waals surface area contributed by atoms with Crippen LogP contribution in [0.4, 0.5) is 32.2 Å². The van der Waals surface area contributed by atoms with Crippen LogP contribution in [0.1, 0.15) is 36.9 Å². The van der Waals surface area contributed by atoms with Crippen molar-refractivity contribution in [1.29, 1.82) is 0 Å². The van der Waals surface area contributed by atoms with Crippen LogP contribution >= 0.6 is 0 Å². The van der Waals surface area contributed by atoms with Gasteiger partial charge in [-0.15, -0.1) is 0 Å². The van der Waals surface area contributed by atoms with Gasteiger partial charge >= 0.3 is 11.9 Å². The summed E-state index contributed by atoms with van der Waals surface area (Å²) in [6.45, 7) is 1.36. The first-order valence-corrected chi connectivity index (χ1v) is 9.78. The molecule has 33 heavy (non-hydrogen) atoms. The van der Waals surface area contributed by atoms with Gasteiger partial charge in [0.15, 0.2) is 5.82 Å². The quantitative estimate of drug-likeness (QED) is 0.573. The normalized spacial score (nSPS) is 16.3. The van der Waals surface area contributed by atoms with Crippen molar-refractivity contribution < 1.29 is 26.3 Å². The zero-order valence-corrected chi connectivity index (χ0v) is 17.3. The molecule has 1 N–H and O–H groups in total. The predicted octanol–water partition coefficient (Wildman–Crippen LogP) is 3.58. The number of nitrogens with one attached hydrogen (secondary N) is 1. The van der Waals surface area contributed by atoms with Crippen LogP contribution < -0.4 is 16.6 Å². The van der Waals surface area contributed by atoms with E-state index in [-0.39, 0.29) is 35.1 Å². The van der Waals surface area contributed by atoms with Gasteiger partial charge in [-0.2, -0.15) is 23.3 Å². The summed E-state index contributed by atoms with van der Waals surface area (Å²) in [5.74, 6) is -1.62. The monoisotopic (exact) mass is 473 g/mol. The molecule has 0 spiro atoms. The third-order valence-corrected chi connectivity index (χ3v) is 5.73. The van der Waals surface area contributed by atoms with Crippen molar-refractivity contribution in [3.8, 4) is 0 Å². The number of aryl methyl sites for hydroxylation is 1. The minimum atomic E-state index is -4.91. The topological polar surface area (TPSA) is 81.8 Å². The Labute approximate surface area is 181 Å². The molecule has 0 saturated heterocycles. The van der Waals surface area contributed by atoms with Crippen LogP contribution in [0.3, 0.4) is 0 Å². The van der Waals surface area contributed by atoms with Crippen LogP contribution in [0.2, 0.25) is 0 Å². The summed E-state index contributed by atoms with van der Waals surface area (Å²) in [6.07, 6.45) is -6.66. The number of fused-ring (bicyclic) bond motifs is 1. The van der Waals surface area contributed by atoms with Gasteiger partial charge in [0.1, 0.15) is 16.9 Å². The average molecular weight is 473 g/mol. The van der Waals surface area contributed by atoms with Gasteiger partial charge in [0.05, 0.1) is 17.0 Å². The molecule has 1 aromatic carbocycles. The molecule has 176 valence electrons. The lowest BCUT2D eigenvalue weighted by atomic mass is 10.0. The zero-order valence-electron chi connectivity index (χ0n) is 17.3. The van der Waals surface area contributed by atoms with E-state index in [9.17, 15) is 35.9 Å². The van der Waals surface area contributed by atoms with Crippen molar-refractivity contribution >= 4 is 16.7 Å². The Kier molecular flexibility index (Phi) is 5.25. The summed E-state index contributed by atoms with van der Waals surface area (Å²) in [6, 6.07) is 1.72. The highest BCUT2D eigenvalue weighted by atomic mass is 19.4. The second kappa shape index (κ2) is 7.59. The fraction of sp³-hybridized carbons (Fsp3) is 0.400. The standard InChI is InChI=1S/C20H17F6N5O2/c1-9(10-4-3-5-12(13(10)21)20(24,25)26)27-15-11-8-31(19(6-7-19)17(22)23)18(33)28-14(11)16(32)30(2)29-15/h3-5,8-9,17H,6-7H2,1-2H3,(H,27,29)/t9-/m1/s1. The van der Waals surface area contributed by atoms with Gasteiger partial charge in [-0.05, 0) is 25.8 Å². The highest BCUT2D eigenvalue weighted by molar-refractivity contribution is 5.87. The highest BCUT2D eigenvalue weighted by Gasteiger charge is 2.54. The lowest BCUT2D eigenvalue weighted by molar-refractivity contribution is -0.140. The van der Waals surface area contributed by atoms with Crippen LogP contribution in [0.15, 0.2) is 34.0 Å². The van der Waals surface area contributed by atoms with Crippen LogP contribution in [0, 0.1) is 5.82 Å². The smallest absolute Gasteiger partial charge is 0.361 e. The molecule has 13 heteroatoms. The van der Waals surface area contributed by atoms with Crippen molar-refractivity contribution in [3.63, 3.8) is 0 Å². The fourth-order valence-corrected chi connectivity index (χ4v) is 3.70. The molecule has 1 atom stereocenters.